The highest BCUT2D eigenvalue weighted by molar-refractivity contribution is 6.32. The Labute approximate surface area is 189 Å². The zero-order valence-corrected chi connectivity index (χ0v) is 17.4. The van der Waals surface area contributed by atoms with E-state index < -0.39 is 5.97 Å². The lowest BCUT2D eigenvalue weighted by molar-refractivity contribution is -0.136. The second kappa shape index (κ2) is 10.1. The average molecular weight is 446 g/mol. The summed E-state index contributed by atoms with van der Waals surface area (Å²) in [5, 5.41) is 30.1. The van der Waals surface area contributed by atoms with Gasteiger partial charge in [-0.15, -0.1) is 0 Å². The molecule has 158 valence electrons. The van der Waals surface area contributed by atoms with Crippen molar-refractivity contribution < 1.29 is 19.4 Å². The number of halogens is 1. The van der Waals surface area contributed by atoms with Gasteiger partial charge in [0.25, 0.3) is 0 Å². The molecule has 0 unspecified atom stereocenters. The maximum atomic E-state index is 12.4. The van der Waals surface area contributed by atoms with Gasteiger partial charge in [-0.25, -0.2) is 0 Å². The normalized spacial score (nSPS) is 9.97. The molecule has 2 N–H and O–H groups in total. The molecule has 3 aromatic carbocycles. The number of aliphatic carboxylic acids is 1. The Balaban J connectivity index is 1.70. The van der Waals surface area contributed by atoms with Gasteiger partial charge in [0.2, 0.25) is 5.91 Å². The number of carbonyl (C=O) groups excluding carboxylic acids is 1. The predicted octanol–water partition coefficient (Wildman–Crippen LogP) is 4.68. The summed E-state index contributed by atoms with van der Waals surface area (Å²) in [5.41, 5.74) is 2.38. The molecule has 0 atom stereocenters. The van der Waals surface area contributed by atoms with Crippen molar-refractivity contribution in [2.75, 3.05) is 5.32 Å². The molecule has 0 aliphatic carbocycles. The second-order valence-electron chi connectivity index (χ2n) is 6.83. The van der Waals surface area contributed by atoms with Crippen LogP contribution in [-0.4, -0.2) is 17.0 Å². The minimum atomic E-state index is -0.925. The molecule has 32 heavy (non-hydrogen) atoms. The maximum Gasteiger partial charge on any atom is 0.307 e. The van der Waals surface area contributed by atoms with E-state index in [1.165, 1.54) is 18.2 Å². The minimum Gasteiger partial charge on any atom is -0.481 e. The monoisotopic (exact) mass is 445 g/mol. The Kier molecular flexibility index (Phi) is 7.07. The molecular weight excluding hydrogens is 430 g/mol. The van der Waals surface area contributed by atoms with Gasteiger partial charge in [0.15, 0.2) is 0 Å². The van der Waals surface area contributed by atoms with E-state index in [2.05, 4.69) is 5.32 Å². The molecule has 0 heterocycles. The molecule has 8 heteroatoms. The Morgan fingerprint density at radius 3 is 2.12 bits per heavy atom. The van der Waals surface area contributed by atoms with Crippen molar-refractivity contribution in [3.05, 3.63) is 87.9 Å². The van der Waals surface area contributed by atoms with E-state index >= 15 is 0 Å². The fraction of sp³-hybridized carbons (Fsp3) is 0.0833. The molecule has 7 nitrogen and oxygen atoms in total. The van der Waals surface area contributed by atoms with Crippen LogP contribution >= 0.6 is 11.6 Å². The number of hydrogen-bond acceptors (Lipinski definition) is 5. The fourth-order valence-corrected chi connectivity index (χ4v) is 3.08. The Morgan fingerprint density at radius 1 is 0.906 bits per heavy atom. The first kappa shape index (κ1) is 22.4. The molecular formula is C24H16ClN3O4. The van der Waals surface area contributed by atoms with E-state index in [9.17, 15) is 9.59 Å². The average Bonchev–Trinajstić information content (AvgIpc) is 2.76. The number of rotatable bonds is 7. The highest BCUT2D eigenvalue weighted by atomic mass is 35.5. The van der Waals surface area contributed by atoms with Gasteiger partial charge in [-0.05, 0) is 53.6 Å². The van der Waals surface area contributed by atoms with Crippen molar-refractivity contribution in [2.24, 2.45) is 0 Å². The molecule has 0 bridgehead atoms. The molecule has 0 saturated carbocycles. The number of hydrogen-bond donors (Lipinski definition) is 2. The summed E-state index contributed by atoms with van der Waals surface area (Å²) < 4.78 is 5.77. The smallest absolute Gasteiger partial charge is 0.307 e. The van der Waals surface area contributed by atoms with E-state index in [0.29, 0.717) is 21.8 Å². The number of carbonyl (C=O) groups is 2. The molecule has 1 amide bonds. The van der Waals surface area contributed by atoms with Gasteiger partial charge < -0.3 is 15.2 Å². The lowest BCUT2D eigenvalue weighted by atomic mass is 10.1. The lowest BCUT2D eigenvalue weighted by Gasteiger charge is -2.11. The molecule has 3 aromatic rings. The van der Waals surface area contributed by atoms with Crippen LogP contribution in [0.25, 0.3) is 0 Å². The van der Waals surface area contributed by atoms with Gasteiger partial charge in [-0.2, -0.15) is 10.5 Å². The third kappa shape index (κ3) is 6.09. The summed E-state index contributed by atoms with van der Waals surface area (Å²) in [6.45, 7) is 0. The van der Waals surface area contributed by atoms with Crippen molar-refractivity contribution in [3.63, 3.8) is 0 Å². The highest BCUT2D eigenvalue weighted by Crippen LogP contribution is 2.31. The number of anilines is 1. The van der Waals surface area contributed by atoms with Crippen molar-refractivity contribution >= 4 is 29.2 Å². The summed E-state index contributed by atoms with van der Waals surface area (Å²) in [4.78, 5) is 23.2. The van der Waals surface area contributed by atoms with Gasteiger partial charge in [0.1, 0.15) is 11.5 Å². The quantitative estimate of drug-likeness (QED) is 0.544. The van der Waals surface area contributed by atoms with Crippen molar-refractivity contribution in [1.29, 1.82) is 10.5 Å². The first-order valence-electron chi connectivity index (χ1n) is 9.38. The summed E-state index contributed by atoms with van der Waals surface area (Å²) in [7, 11) is 0. The van der Waals surface area contributed by atoms with Gasteiger partial charge in [0.05, 0.1) is 41.1 Å². The highest BCUT2D eigenvalue weighted by Gasteiger charge is 2.11. The molecule has 0 aliphatic rings. The summed E-state index contributed by atoms with van der Waals surface area (Å²) in [6, 6.07) is 19.8. The Hall–Kier alpha value is -4.33. The zero-order valence-electron chi connectivity index (χ0n) is 16.6. The van der Waals surface area contributed by atoms with Crippen LogP contribution in [-0.2, 0) is 22.4 Å². The van der Waals surface area contributed by atoms with Crippen LogP contribution in [0.1, 0.15) is 22.3 Å². The van der Waals surface area contributed by atoms with Crippen molar-refractivity contribution in [2.45, 2.75) is 12.8 Å². The summed E-state index contributed by atoms with van der Waals surface area (Å²) in [6.07, 6.45) is -0.0407. The van der Waals surface area contributed by atoms with Crippen LogP contribution in [0.4, 0.5) is 5.69 Å². The van der Waals surface area contributed by atoms with E-state index in [-0.39, 0.29) is 41.4 Å². The van der Waals surface area contributed by atoms with Crippen molar-refractivity contribution in [1.82, 2.24) is 0 Å². The molecule has 0 fully saturated rings. The minimum absolute atomic E-state index is 0.0477. The summed E-state index contributed by atoms with van der Waals surface area (Å²) >= 11 is 6.21. The third-order valence-corrected chi connectivity index (χ3v) is 4.66. The van der Waals surface area contributed by atoms with Gasteiger partial charge in [0, 0.05) is 5.69 Å². The first-order chi connectivity index (χ1) is 15.4. The van der Waals surface area contributed by atoms with Crippen LogP contribution in [0.15, 0.2) is 60.7 Å². The number of nitrogens with zero attached hydrogens (tertiary/aromatic N) is 2. The van der Waals surface area contributed by atoms with Crippen LogP contribution in [0.3, 0.4) is 0 Å². The fourth-order valence-electron chi connectivity index (χ4n) is 2.92. The topological polar surface area (TPSA) is 123 Å². The van der Waals surface area contributed by atoms with Crippen LogP contribution in [0.5, 0.6) is 11.5 Å². The van der Waals surface area contributed by atoms with Gasteiger partial charge >= 0.3 is 5.97 Å². The number of amides is 1. The standard InChI is InChI=1S/C24H16ClN3O4/c25-21-6-3-16(10-22(21)32-20-8-17(13-26)7-18(9-20)14-27)11-23(29)28-19-4-1-15(2-5-19)12-24(30)31/h1-10H,11-12H2,(H,28,29)(H,30,31). The molecule has 0 radical (unpaired) electrons. The molecule has 0 spiro atoms. The number of ether oxygens (including phenoxy) is 1. The molecule has 0 saturated heterocycles. The van der Waals surface area contributed by atoms with E-state index in [1.807, 2.05) is 12.1 Å². The number of carboxylic acids is 1. The second-order valence-corrected chi connectivity index (χ2v) is 7.24. The molecule has 3 rings (SSSR count). The van der Waals surface area contributed by atoms with E-state index in [4.69, 9.17) is 32.0 Å². The van der Waals surface area contributed by atoms with Crippen molar-refractivity contribution in [3.8, 4) is 23.6 Å². The number of carboxylic acid groups (broad SMARTS) is 1. The SMILES string of the molecule is N#Cc1cc(C#N)cc(Oc2cc(CC(=O)Nc3ccc(CC(=O)O)cc3)ccc2Cl)c1. The number of nitriles is 2. The largest absolute Gasteiger partial charge is 0.481 e. The van der Waals surface area contributed by atoms with Crippen LogP contribution < -0.4 is 10.1 Å². The first-order valence-corrected chi connectivity index (χ1v) is 9.76. The van der Waals surface area contributed by atoms with Crippen LogP contribution in [0.2, 0.25) is 5.02 Å². The summed E-state index contributed by atoms with van der Waals surface area (Å²) in [5.74, 6) is -0.632. The Bertz CT molecular complexity index is 1230. The Morgan fingerprint density at radius 2 is 1.53 bits per heavy atom. The van der Waals surface area contributed by atoms with E-state index in [0.717, 1.165) is 0 Å². The predicted molar refractivity (Wildman–Crippen MR) is 118 cm³/mol. The lowest BCUT2D eigenvalue weighted by Crippen LogP contribution is -2.14. The number of nitrogens with one attached hydrogen (secondary N) is 1. The molecule has 0 aliphatic heterocycles. The third-order valence-electron chi connectivity index (χ3n) is 4.35. The van der Waals surface area contributed by atoms with Gasteiger partial charge in [-0.3, -0.25) is 9.59 Å². The zero-order chi connectivity index (χ0) is 23.1. The number of benzene rings is 3. The maximum absolute atomic E-state index is 12.4. The van der Waals surface area contributed by atoms with Crippen LogP contribution in [0, 0.1) is 22.7 Å². The molecule has 0 aromatic heterocycles. The van der Waals surface area contributed by atoms with E-state index in [1.54, 1.807) is 42.5 Å². The van der Waals surface area contributed by atoms with Gasteiger partial charge in [-0.1, -0.05) is 29.8 Å².